The predicted molar refractivity (Wildman–Crippen MR) is 84.2 cm³/mol. The standard InChI is InChI=1S/C14H15BrN2O2S/c1-16-10-11-4-2-3-5-14(11)17-20(18,19)13-8-6-12(15)7-9-13/h2-9,16-17H,10H2,1H3. The van der Waals surface area contributed by atoms with E-state index in [-0.39, 0.29) is 4.90 Å². The highest BCUT2D eigenvalue weighted by Gasteiger charge is 2.15. The van der Waals surface area contributed by atoms with Crippen molar-refractivity contribution in [2.45, 2.75) is 11.4 Å². The Labute approximate surface area is 127 Å². The molecule has 0 heterocycles. The Morgan fingerprint density at radius 1 is 1.05 bits per heavy atom. The summed E-state index contributed by atoms with van der Waals surface area (Å²) in [5.74, 6) is 0. The number of hydrogen-bond acceptors (Lipinski definition) is 3. The van der Waals surface area contributed by atoms with Crippen molar-refractivity contribution in [1.29, 1.82) is 0 Å². The van der Waals surface area contributed by atoms with Gasteiger partial charge in [0, 0.05) is 11.0 Å². The van der Waals surface area contributed by atoms with Gasteiger partial charge in [0.25, 0.3) is 10.0 Å². The molecule has 2 aromatic rings. The van der Waals surface area contributed by atoms with Gasteiger partial charge in [-0.3, -0.25) is 4.72 Å². The normalized spacial score (nSPS) is 11.3. The lowest BCUT2D eigenvalue weighted by Crippen LogP contribution is -2.15. The van der Waals surface area contributed by atoms with Crippen LogP contribution < -0.4 is 10.0 Å². The molecule has 0 unspecified atom stereocenters. The quantitative estimate of drug-likeness (QED) is 0.867. The molecule has 0 aliphatic carbocycles. The van der Waals surface area contributed by atoms with Crippen LogP contribution in [0.15, 0.2) is 57.9 Å². The first kappa shape index (κ1) is 15.0. The molecule has 0 aliphatic rings. The van der Waals surface area contributed by atoms with Gasteiger partial charge in [0.05, 0.1) is 10.6 Å². The van der Waals surface area contributed by atoms with Gasteiger partial charge in [-0.2, -0.15) is 0 Å². The lowest BCUT2D eigenvalue weighted by Gasteiger charge is -2.12. The minimum absolute atomic E-state index is 0.236. The molecule has 4 nitrogen and oxygen atoms in total. The van der Waals surface area contributed by atoms with E-state index in [1.165, 1.54) is 0 Å². The van der Waals surface area contributed by atoms with Crippen molar-refractivity contribution >= 4 is 31.6 Å². The van der Waals surface area contributed by atoms with E-state index < -0.39 is 10.0 Å². The second-order valence-corrected chi connectivity index (χ2v) is 6.84. The molecular formula is C14H15BrN2O2S. The van der Waals surface area contributed by atoms with Gasteiger partial charge in [0.1, 0.15) is 0 Å². The first-order valence-corrected chi connectivity index (χ1v) is 8.31. The molecule has 20 heavy (non-hydrogen) atoms. The van der Waals surface area contributed by atoms with Crippen molar-refractivity contribution in [3.8, 4) is 0 Å². The third kappa shape index (κ3) is 3.59. The number of para-hydroxylation sites is 1. The molecule has 0 aliphatic heterocycles. The summed E-state index contributed by atoms with van der Waals surface area (Å²) >= 11 is 3.29. The second-order valence-electron chi connectivity index (χ2n) is 4.25. The zero-order valence-electron chi connectivity index (χ0n) is 10.9. The molecule has 0 spiro atoms. The number of benzene rings is 2. The molecule has 0 bridgehead atoms. The second kappa shape index (κ2) is 6.39. The summed E-state index contributed by atoms with van der Waals surface area (Å²) in [6.07, 6.45) is 0. The van der Waals surface area contributed by atoms with E-state index in [9.17, 15) is 8.42 Å². The van der Waals surface area contributed by atoms with Crippen LogP contribution in [0.5, 0.6) is 0 Å². The van der Waals surface area contributed by atoms with E-state index in [1.807, 2.05) is 19.2 Å². The zero-order valence-corrected chi connectivity index (χ0v) is 13.3. The first-order valence-electron chi connectivity index (χ1n) is 6.04. The van der Waals surface area contributed by atoms with Crippen LogP contribution in [-0.2, 0) is 16.6 Å². The van der Waals surface area contributed by atoms with Crippen LogP contribution in [0.1, 0.15) is 5.56 Å². The molecule has 2 aromatic carbocycles. The zero-order chi connectivity index (χ0) is 14.6. The van der Waals surface area contributed by atoms with Crippen LogP contribution in [-0.4, -0.2) is 15.5 Å². The minimum atomic E-state index is -3.57. The topological polar surface area (TPSA) is 58.2 Å². The van der Waals surface area contributed by atoms with Gasteiger partial charge in [-0.05, 0) is 42.9 Å². The number of nitrogens with one attached hydrogen (secondary N) is 2. The Morgan fingerprint density at radius 3 is 2.35 bits per heavy atom. The third-order valence-corrected chi connectivity index (χ3v) is 4.66. The largest absolute Gasteiger partial charge is 0.316 e. The van der Waals surface area contributed by atoms with Gasteiger partial charge >= 0.3 is 0 Å². The fourth-order valence-corrected chi connectivity index (χ4v) is 3.15. The number of sulfonamides is 1. The molecule has 2 N–H and O–H groups in total. The molecule has 106 valence electrons. The Hall–Kier alpha value is -1.37. The number of anilines is 1. The molecule has 0 radical (unpaired) electrons. The highest BCUT2D eigenvalue weighted by atomic mass is 79.9. The predicted octanol–water partition coefficient (Wildman–Crippen LogP) is 2.97. The van der Waals surface area contributed by atoms with E-state index in [0.717, 1.165) is 10.0 Å². The maximum absolute atomic E-state index is 12.3. The summed E-state index contributed by atoms with van der Waals surface area (Å²) in [7, 11) is -1.75. The van der Waals surface area contributed by atoms with Crippen LogP contribution in [0.2, 0.25) is 0 Å². The first-order chi connectivity index (χ1) is 9.53. The van der Waals surface area contributed by atoms with E-state index >= 15 is 0 Å². The number of hydrogen-bond donors (Lipinski definition) is 2. The molecule has 0 saturated heterocycles. The van der Waals surface area contributed by atoms with E-state index in [4.69, 9.17) is 0 Å². The Morgan fingerprint density at radius 2 is 1.70 bits per heavy atom. The summed E-state index contributed by atoms with van der Waals surface area (Å²) in [5.41, 5.74) is 1.49. The maximum Gasteiger partial charge on any atom is 0.261 e. The third-order valence-electron chi connectivity index (χ3n) is 2.75. The van der Waals surface area contributed by atoms with Gasteiger partial charge in [-0.15, -0.1) is 0 Å². The highest BCUT2D eigenvalue weighted by molar-refractivity contribution is 9.10. The molecule has 0 atom stereocenters. The van der Waals surface area contributed by atoms with Crippen molar-refractivity contribution in [3.05, 3.63) is 58.6 Å². The molecule has 6 heteroatoms. The van der Waals surface area contributed by atoms with Crippen LogP contribution in [0.25, 0.3) is 0 Å². The average molecular weight is 355 g/mol. The van der Waals surface area contributed by atoms with Crippen LogP contribution in [0.4, 0.5) is 5.69 Å². The van der Waals surface area contributed by atoms with Crippen molar-refractivity contribution in [3.63, 3.8) is 0 Å². The highest BCUT2D eigenvalue weighted by Crippen LogP contribution is 2.21. The van der Waals surface area contributed by atoms with Gasteiger partial charge in [-0.25, -0.2) is 8.42 Å². The van der Waals surface area contributed by atoms with Gasteiger partial charge in [0.15, 0.2) is 0 Å². The van der Waals surface area contributed by atoms with Crippen LogP contribution >= 0.6 is 15.9 Å². The molecule has 2 rings (SSSR count). The molecule has 0 saturated carbocycles. The Balaban J connectivity index is 2.31. The van der Waals surface area contributed by atoms with Crippen molar-refractivity contribution < 1.29 is 8.42 Å². The molecular weight excluding hydrogens is 340 g/mol. The smallest absolute Gasteiger partial charge is 0.261 e. The molecule has 0 aromatic heterocycles. The number of rotatable bonds is 5. The SMILES string of the molecule is CNCc1ccccc1NS(=O)(=O)c1ccc(Br)cc1. The summed E-state index contributed by atoms with van der Waals surface area (Å²) in [4.78, 5) is 0.236. The summed E-state index contributed by atoms with van der Waals surface area (Å²) in [6.45, 7) is 0.596. The summed E-state index contributed by atoms with van der Waals surface area (Å²) < 4.78 is 28.1. The Bertz CT molecular complexity index is 685. The maximum atomic E-state index is 12.3. The van der Waals surface area contributed by atoms with Crippen molar-refractivity contribution in [2.24, 2.45) is 0 Å². The van der Waals surface area contributed by atoms with Gasteiger partial charge in [0.2, 0.25) is 0 Å². The van der Waals surface area contributed by atoms with Gasteiger partial charge in [-0.1, -0.05) is 34.1 Å². The van der Waals surface area contributed by atoms with Crippen LogP contribution in [0, 0.1) is 0 Å². The fraction of sp³-hybridized carbons (Fsp3) is 0.143. The summed E-state index contributed by atoms with van der Waals surface area (Å²) in [6, 6.07) is 13.9. The van der Waals surface area contributed by atoms with E-state index in [0.29, 0.717) is 12.2 Å². The van der Waals surface area contributed by atoms with E-state index in [2.05, 4.69) is 26.0 Å². The average Bonchev–Trinajstić information content (AvgIpc) is 2.41. The Kier molecular flexibility index (Phi) is 4.80. The fourth-order valence-electron chi connectivity index (χ4n) is 1.78. The monoisotopic (exact) mass is 354 g/mol. The lowest BCUT2D eigenvalue weighted by atomic mass is 10.2. The van der Waals surface area contributed by atoms with E-state index in [1.54, 1.807) is 36.4 Å². The number of halogens is 1. The van der Waals surface area contributed by atoms with Crippen molar-refractivity contribution in [2.75, 3.05) is 11.8 Å². The molecule has 0 amide bonds. The lowest BCUT2D eigenvalue weighted by molar-refractivity contribution is 0.601. The van der Waals surface area contributed by atoms with Gasteiger partial charge < -0.3 is 5.32 Å². The molecule has 0 fully saturated rings. The summed E-state index contributed by atoms with van der Waals surface area (Å²) in [5, 5.41) is 3.02. The van der Waals surface area contributed by atoms with Crippen LogP contribution in [0.3, 0.4) is 0 Å². The minimum Gasteiger partial charge on any atom is -0.316 e. The van der Waals surface area contributed by atoms with Crippen molar-refractivity contribution in [1.82, 2.24) is 5.32 Å².